The molecule has 2 N–H and O–H groups in total. The van der Waals surface area contributed by atoms with Crippen LogP contribution in [0.2, 0.25) is 0 Å². The zero-order valence-corrected chi connectivity index (χ0v) is 18.2. The number of hydrogen-bond acceptors (Lipinski definition) is 4. The lowest BCUT2D eigenvalue weighted by Crippen LogP contribution is -3.14. The van der Waals surface area contributed by atoms with Crippen molar-refractivity contribution in [1.29, 1.82) is 0 Å². The molecule has 8 nitrogen and oxygen atoms in total. The van der Waals surface area contributed by atoms with E-state index < -0.39 is 10.0 Å². The van der Waals surface area contributed by atoms with Crippen molar-refractivity contribution in [3.8, 4) is 0 Å². The number of nitrogens with zero attached hydrogens (tertiary/aromatic N) is 4. The lowest BCUT2D eigenvalue weighted by molar-refractivity contribution is -0.924. The average molecular weight is 421 g/mol. The van der Waals surface area contributed by atoms with Gasteiger partial charge in [-0.15, -0.1) is 0 Å². The summed E-state index contributed by atoms with van der Waals surface area (Å²) in [4.78, 5) is 7.30. The van der Waals surface area contributed by atoms with Gasteiger partial charge in [-0.1, -0.05) is 6.42 Å². The van der Waals surface area contributed by atoms with Gasteiger partial charge in [0.25, 0.3) is 0 Å². The molecule has 2 aliphatic rings. The molecule has 0 spiro atoms. The van der Waals surface area contributed by atoms with Crippen molar-refractivity contribution in [2.45, 2.75) is 44.7 Å². The number of piperidine rings is 1. The minimum Gasteiger partial charge on any atom is -0.360 e. The molecule has 0 aromatic carbocycles. The van der Waals surface area contributed by atoms with E-state index in [2.05, 4.69) is 27.1 Å². The summed E-state index contributed by atoms with van der Waals surface area (Å²) < 4.78 is 29.9. The normalized spacial score (nSPS) is 19.6. The van der Waals surface area contributed by atoms with Gasteiger partial charge in [0.05, 0.1) is 37.6 Å². The van der Waals surface area contributed by atoms with Gasteiger partial charge >= 0.3 is 0 Å². The minimum atomic E-state index is -3.46. The Labute approximate surface area is 173 Å². The summed E-state index contributed by atoms with van der Waals surface area (Å²) in [7, 11) is -3.46. The third-order valence-electron chi connectivity index (χ3n) is 6.14. The molecule has 2 fully saturated rings. The summed E-state index contributed by atoms with van der Waals surface area (Å²) in [5, 5.41) is 4.61. The van der Waals surface area contributed by atoms with Crippen molar-refractivity contribution in [2.75, 3.05) is 44.2 Å². The van der Waals surface area contributed by atoms with E-state index in [0.29, 0.717) is 30.3 Å². The summed E-state index contributed by atoms with van der Waals surface area (Å²) in [6.45, 7) is 9.64. The fraction of sp³-hybridized carbons (Fsp3) is 0.600. The zero-order chi connectivity index (χ0) is 20.4. The molecule has 0 atom stereocenters. The van der Waals surface area contributed by atoms with Gasteiger partial charge in [-0.05, 0) is 26.7 Å². The number of anilines is 1. The van der Waals surface area contributed by atoms with Crippen LogP contribution in [0, 0.1) is 13.8 Å². The lowest BCUT2D eigenvalue weighted by atomic mass is 10.2. The van der Waals surface area contributed by atoms with E-state index in [1.807, 2.05) is 30.9 Å². The number of nitrogens with one attached hydrogen (secondary N) is 2. The molecule has 0 amide bonds. The van der Waals surface area contributed by atoms with Crippen LogP contribution in [0.3, 0.4) is 0 Å². The number of sulfonamides is 1. The van der Waals surface area contributed by atoms with Crippen molar-refractivity contribution in [3.63, 3.8) is 0 Å². The quantitative estimate of drug-likeness (QED) is 0.730. The molecule has 2 aromatic rings. The Hall–Kier alpha value is -1.97. The van der Waals surface area contributed by atoms with Crippen molar-refractivity contribution in [1.82, 2.24) is 14.1 Å². The van der Waals surface area contributed by atoms with Crippen LogP contribution in [0.5, 0.6) is 0 Å². The molecular weight excluding hydrogens is 388 g/mol. The molecule has 0 saturated carbocycles. The highest BCUT2D eigenvalue weighted by Gasteiger charge is 2.32. The summed E-state index contributed by atoms with van der Waals surface area (Å²) >= 11 is 0. The number of rotatable bonds is 5. The molecule has 4 rings (SSSR count). The first kappa shape index (κ1) is 20.3. The fourth-order valence-corrected chi connectivity index (χ4v) is 6.37. The highest BCUT2D eigenvalue weighted by atomic mass is 32.2. The van der Waals surface area contributed by atoms with Crippen LogP contribution in [0.25, 0.3) is 0 Å². The third kappa shape index (κ3) is 4.17. The molecule has 158 valence electrons. The minimum absolute atomic E-state index is 0.415. The third-order valence-corrected chi connectivity index (χ3v) is 8.29. The van der Waals surface area contributed by atoms with E-state index in [9.17, 15) is 8.42 Å². The largest absolute Gasteiger partial charge is 0.360 e. The van der Waals surface area contributed by atoms with Gasteiger partial charge in [-0.25, -0.2) is 18.1 Å². The van der Waals surface area contributed by atoms with Crippen LogP contribution in [0.15, 0.2) is 29.4 Å². The number of aromatic nitrogens is 3. The predicted molar refractivity (Wildman–Crippen MR) is 110 cm³/mol. The summed E-state index contributed by atoms with van der Waals surface area (Å²) in [5.41, 5.74) is 2.62. The van der Waals surface area contributed by atoms with Crippen LogP contribution in [-0.2, 0) is 16.7 Å². The first-order valence-corrected chi connectivity index (χ1v) is 12.0. The van der Waals surface area contributed by atoms with E-state index in [-0.39, 0.29) is 0 Å². The molecule has 0 aliphatic carbocycles. The number of H-pyrrole nitrogens is 1. The second kappa shape index (κ2) is 8.41. The molecule has 9 heteroatoms. The molecule has 29 heavy (non-hydrogen) atoms. The Morgan fingerprint density at radius 3 is 2.34 bits per heavy atom. The maximum atomic E-state index is 13.2. The van der Waals surface area contributed by atoms with Gasteiger partial charge in [0.15, 0.2) is 19.1 Å². The summed E-state index contributed by atoms with van der Waals surface area (Å²) in [6, 6.07) is 4.20. The van der Waals surface area contributed by atoms with Crippen molar-refractivity contribution >= 4 is 15.7 Å². The molecular formula is C20H32N6O2S+2. The second-order valence-corrected chi connectivity index (χ2v) is 9.99. The monoisotopic (exact) mass is 420 g/mol. The standard InChI is InChI=1S/C20H30N6O2S/c1-17-20(29(27,28)25-10-4-3-5-11-25)18(2)26(22-17)16-23-12-14-24(15-13-23)19-6-8-21-9-7-19/h6-9H,3-5,10-16H2,1-2H3/p+2. The van der Waals surface area contributed by atoms with Gasteiger partial charge in [-0.3, -0.25) is 0 Å². The van der Waals surface area contributed by atoms with E-state index in [0.717, 1.165) is 51.1 Å². The molecule has 2 aromatic heterocycles. The van der Waals surface area contributed by atoms with Gasteiger partial charge in [0.2, 0.25) is 10.0 Å². The molecule has 0 bridgehead atoms. The summed E-state index contributed by atoms with van der Waals surface area (Å²) in [5.74, 6) is 0. The molecule has 0 radical (unpaired) electrons. The number of aryl methyl sites for hydroxylation is 1. The Morgan fingerprint density at radius 1 is 1.03 bits per heavy atom. The van der Waals surface area contributed by atoms with E-state index in [4.69, 9.17) is 0 Å². The van der Waals surface area contributed by atoms with Gasteiger partial charge < -0.3 is 9.80 Å². The summed E-state index contributed by atoms with van der Waals surface area (Å²) in [6.07, 6.45) is 6.90. The number of hydrogen-bond donors (Lipinski definition) is 1. The van der Waals surface area contributed by atoms with Crippen molar-refractivity contribution in [2.24, 2.45) is 0 Å². The van der Waals surface area contributed by atoms with Gasteiger partial charge in [0.1, 0.15) is 4.90 Å². The highest BCUT2D eigenvalue weighted by Crippen LogP contribution is 2.25. The Kier molecular flexibility index (Phi) is 5.89. The van der Waals surface area contributed by atoms with Crippen LogP contribution >= 0.6 is 0 Å². The first-order valence-electron chi connectivity index (χ1n) is 10.6. The maximum Gasteiger partial charge on any atom is 0.246 e. The van der Waals surface area contributed by atoms with E-state index in [1.165, 1.54) is 10.6 Å². The maximum absolute atomic E-state index is 13.2. The lowest BCUT2D eigenvalue weighted by Gasteiger charge is -2.33. The Balaban J connectivity index is 1.45. The van der Waals surface area contributed by atoms with Crippen LogP contribution in [0.1, 0.15) is 30.7 Å². The van der Waals surface area contributed by atoms with E-state index >= 15 is 0 Å². The first-order chi connectivity index (χ1) is 14.0. The van der Waals surface area contributed by atoms with Crippen molar-refractivity contribution in [3.05, 3.63) is 35.9 Å². The molecule has 2 aliphatic heterocycles. The average Bonchev–Trinajstić information content (AvgIpc) is 3.03. The number of piperazine rings is 1. The van der Waals surface area contributed by atoms with Crippen molar-refractivity contribution < 1.29 is 18.3 Å². The van der Waals surface area contributed by atoms with E-state index in [1.54, 1.807) is 4.31 Å². The Morgan fingerprint density at radius 2 is 1.69 bits per heavy atom. The number of pyridine rings is 1. The molecule has 4 heterocycles. The molecule has 0 unspecified atom stereocenters. The fourth-order valence-electron chi connectivity index (χ4n) is 4.48. The highest BCUT2D eigenvalue weighted by molar-refractivity contribution is 7.89. The van der Waals surface area contributed by atoms with Gasteiger partial charge in [-0.2, -0.15) is 9.40 Å². The van der Waals surface area contributed by atoms with Crippen LogP contribution in [-0.4, -0.2) is 61.8 Å². The predicted octanol–water partition coefficient (Wildman–Crippen LogP) is -0.149. The zero-order valence-electron chi connectivity index (χ0n) is 17.4. The smallest absolute Gasteiger partial charge is 0.246 e. The number of quaternary nitrogens is 1. The van der Waals surface area contributed by atoms with Crippen LogP contribution in [0.4, 0.5) is 5.69 Å². The Bertz CT molecular complexity index is 929. The molecule has 2 saturated heterocycles. The van der Waals surface area contributed by atoms with Crippen LogP contribution < -0.4 is 14.8 Å². The topological polar surface area (TPSA) is 77.0 Å². The second-order valence-electron chi connectivity index (χ2n) is 8.12. The number of aromatic amines is 1. The SMILES string of the molecule is Cc1nn(C[NH+]2CCN(c3cc[nH+]cc3)CC2)c(C)c1S(=O)(=O)N1CCCCC1. The van der Waals surface area contributed by atoms with Gasteiger partial charge in [0, 0.05) is 30.9 Å².